The van der Waals surface area contributed by atoms with Gasteiger partial charge in [-0.05, 0) is 49.5 Å². The zero-order valence-corrected chi connectivity index (χ0v) is 16.4. The fourth-order valence-corrected chi connectivity index (χ4v) is 4.41. The second kappa shape index (κ2) is 6.63. The molecule has 1 fully saturated rings. The summed E-state index contributed by atoms with van der Waals surface area (Å²) in [4.78, 5) is 14.5. The van der Waals surface area contributed by atoms with E-state index in [0.717, 1.165) is 5.56 Å². The molecule has 2 aromatic rings. The first-order valence-electron chi connectivity index (χ1n) is 8.70. The van der Waals surface area contributed by atoms with Gasteiger partial charge in [-0.1, -0.05) is 12.1 Å². The smallest absolute Gasteiger partial charge is 0.317 e. The molecule has 2 bridgehead atoms. The predicted molar refractivity (Wildman–Crippen MR) is 105 cm³/mol. The molecule has 2 aliphatic rings. The number of rotatable bonds is 3. The van der Waals surface area contributed by atoms with E-state index in [9.17, 15) is 9.18 Å². The van der Waals surface area contributed by atoms with E-state index in [0.29, 0.717) is 22.3 Å². The fraction of sp³-hybridized carbons (Fsp3) is 0.300. The third-order valence-electron chi connectivity index (χ3n) is 5.25. The van der Waals surface area contributed by atoms with Crippen LogP contribution < -0.4 is 19.7 Å². The Morgan fingerprint density at radius 3 is 2.61 bits per heavy atom. The van der Waals surface area contributed by atoms with Crippen LogP contribution in [0, 0.1) is 11.7 Å². The normalized spacial score (nSPS) is 25.3. The number of methoxy groups -OCH3 is 2. The quantitative estimate of drug-likeness (QED) is 0.625. The van der Waals surface area contributed by atoms with Gasteiger partial charge < -0.3 is 19.5 Å². The molecule has 0 saturated carbocycles. The first-order valence-corrected chi connectivity index (χ1v) is 9.11. The monoisotopic (exact) mass is 402 g/mol. The molecule has 8 heteroatoms. The number of anilines is 1. The summed E-state index contributed by atoms with van der Waals surface area (Å²) >= 11 is 5.59. The molecule has 2 heterocycles. The fourth-order valence-electron chi connectivity index (χ4n) is 4.00. The lowest BCUT2D eigenvalue weighted by Crippen LogP contribution is -2.71. The largest absolute Gasteiger partial charge is 0.493 e. The highest BCUT2D eigenvalue weighted by molar-refractivity contribution is 7.80. The maximum atomic E-state index is 13.5. The zero-order chi connectivity index (χ0) is 20.1. The molecule has 2 aromatic carbocycles. The number of nitrogens with zero attached hydrogens (tertiary/aromatic N) is 1. The molecule has 1 saturated heterocycles. The van der Waals surface area contributed by atoms with Gasteiger partial charge in [0.1, 0.15) is 11.7 Å². The standard InChI is InChI=1S/C20H19FN2O4S/c1-20-15(18(24)26-3)16(13-5-4-6-14(25-2)17(13)27-20)22-19(28)23(20)12-9-7-11(21)8-10-12/h4-10,15-16H,1-3H3,(H,22,28)/t15-,16-,20-/m0/s1. The average molecular weight is 402 g/mol. The van der Waals surface area contributed by atoms with Crippen LogP contribution in [0.25, 0.3) is 0 Å². The highest BCUT2D eigenvalue weighted by Gasteiger charge is 2.60. The van der Waals surface area contributed by atoms with Gasteiger partial charge in [0, 0.05) is 11.3 Å². The van der Waals surface area contributed by atoms with Crippen molar-refractivity contribution in [1.82, 2.24) is 5.32 Å². The van der Waals surface area contributed by atoms with Crippen molar-refractivity contribution in [2.24, 2.45) is 5.92 Å². The summed E-state index contributed by atoms with van der Waals surface area (Å²) in [6.45, 7) is 1.77. The average Bonchev–Trinajstić information content (AvgIpc) is 2.68. The molecule has 2 aliphatic heterocycles. The Balaban J connectivity index is 1.93. The van der Waals surface area contributed by atoms with E-state index < -0.39 is 23.7 Å². The van der Waals surface area contributed by atoms with Crippen molar-refractivity contribution in [3.63, 3.8) is 0 Å². The van der Waals surface area contributed by atoms with Crippen LogP contribution in [0.1, 0.15) is 18.5 Å². The first-order chi connectivity index (χ1) is 13.4. The highest BCUT2D eigenvalue weighted by Crippen LogP contribution is 2.52. The molecule has 6 nitrogen and oxygen atoms in total. The Labute approximate surface area is 167 Å². The van der Waals surface area contributed by atoms with E-state index in [1.807, 2.05) is 12.1 Å². The van der Waals surface area contributed by atoms with E-state index in [-0.39, 0.29) is 5.82 Å². The van der Waals surface area contributed by atoms with E-state index in [1.165, 1.54) is 19.2 Å². The van der Waals surface area contributed by atoms with Gasteiger partial charge in [-0.15, -0.1) is 0 Å². The topological polar surface area (TPSA) is 60.0 Å². The summed E-state index contributed by atoms with van der Waals surface area (Å²) in [6.07, 6.45) is 0. The number of nitrogens with one attached hydrogen (secondary N) is 1. The number of halogens is 1. The van der Waals surface area contributed by atoms with Gasteiger partial charge in [-0.25, -0.2) is 4.39 Å². The van der Waals surface area contributed by atoms with Crippen LogP contribution in [0.3, 0.4) is 0 Å². The van der Waals surface area contributed by atoms with Crippen molar-refractivity contribution in [1.29, 1.82) is 0 Å². The lowest BCUT2D eigenvalue weighted by atomic mass is 9.79. The van der Waals surface area contributed by atoms with Gasteiger partial charge in [0.25, 0.3) is 0 Å². The number of esters is 1. The SMILES string of the molecule is COC(=O)[C@@H]1[C@H]2NC(=S)N(c3ccc(F)cc3)[C@@]1(C)Oc1c(OC)cccc12. The number of ether oxygens (including phenoxy) is 3. The van der Waals surface area contributed by atoms with Gasteiger partial charge in [0.15, 0.2) is 16.6 Å². The summed E-state index contributed by atoms with van der Waals surface area (Å²) in [6, 6.07) is 10.9. The number of hydrogen-bond acceptors (Lipinski definition) is 5. The minimum Gasteiger partial charge on any atom is -0.493 e. The first kappa shape index (κ1) is 18.5. The summed E-state index contributed by atoms with van der Waals surface area (Å²) in [7, 11) is 2.89. The van der Waals surface area contributed by atoms with Gasteiger partial charge >= 0.3 is 5.97 Å². The molecule has 4 rings (SSSR count). The Morgan fingerprint density at radius 2 is 1.96 bits per heavy atom. The van der Waals surface area contributed by atoms with E-state index in [4.69, 9.17) is 26.4 Å². The van der Waals surface area contributed by atoms with Gasteiger partial charge in [0.05, 0.1) is 20.3 Å². The molecule has 0 radical (unpaired) electrons. The number of fused-ring (bicyclic) bond motifs is 4. The van der Waals surface area contributed by atoms with Crippen molar-refractivity contribution in [3.05, 3.63) is 53.8 Å². The Morgan fingerprint density at radius 1 is 1.25 bits per heavy atom. The molecule has 0 amide bonds. The van der Waals surface area contributed by atoms with Crippen LogP contribution >= 0.6 is 12.2 Å². The lowest BCUT2D eigenvalue weighted by molar-refractivity contribution is -0.157. The van der Waals surface area contributed by atoms with Crippen molar-refractivity contribution in [2.45, 2.75) is 18.7 Å². The minimum atomic E-state index is -1.21. The maximum absolute atomic E-state index is 13.5. The molecule has 0 spiro atoms. The van der Waals surface area contributed by atoms with Crippen LogP contribution in [0.4, 0.5) is 10.1 Å². The van der Waals surface area contributed by atoms with E-state index >= 15 is 0 Å². The lowest BCUT2D eigenvalue weighted by Gasteiger charge is -2.55. The molecular weight excluding hydrogens is 383 g/mol. The second-order valence-electron chi connectivity index (χ2n) is 6.78. The Hall–Kier alpha value is -2.87. The maximum Gasteiger partial charge on any atom is 0.317 e. The molecule has 1 N–H and O–H groups in total. The second-order valence-corrected chi connectivity index (χ2v) is 7.16. The van der Waals surface area contributed by atoms with Crippen molar-refractivity contribution in [2.75, 3.05) is 19.1 Å². The molecule has 146 valence electrons. The van der Waals surface area contributed by atoms with Crippen molar-refractivity contribution in [3.8, 4) is 11.5 Å². The van der Waals surface area contributed by atoms with Crippen molar-refractivity contribution >= 4 is 29.0 Å². The van der Waals surface area contributed by atoms with Gasteiger partial charge in [-0.2, -0.15) is 0 Å². The van der Waals surface area contributed by atoms with Crippen LogP contribution in [-0.2, 0) is 9.53 Å². The number of hydrogen-bond donors (Lipinski definition) is 1. The molecule has 28 heavy (non-hydrogen) atoms. The number of thiocarbonyl (C=S) groups is 1. The zero-order valence-electron chi connectivity index (χ0n) is 15.6. The molecule has 0 unspecified atom stereocenters. The summed E-state index contributed by atoms with van der Waals surface area (Å²) < 4.78 is 30.4. The Kier molecular flexibility index (Phi) is 4.38. The van der Waals surface area contributed by atoms with Crippen LogP contribution in [-0.4, -0.2) is 31.0 Å². The molecule has 0 aromatic heterocycles. The van der Waals surface area contributed by atoms with Gasteiger partial charge in [-0.3, -0.25) is 9.69 Å². The number of para-hydroxylation sites is 1. The van der Waals surface area contributed by atoms with Crippen LogP contribution in [0.5, 0.6) is 11.5 Å². The Bertz CT molecular complexity index is 952. The molecule has 3 atom stereocenters. The highest BCUT2D eigenvalue weighted by atomic mass is 32.1. The summed E-state index contributed by atoms with van der Waals surface area (Å²) in [5.41, 5.74) is 0.139. The summed E-state index contributed by atoms with van der Waals surface area (Å²) in [5, 5.41) is 3.60. The van der Waals surface area contributed by atoms with Crippen molar-refractivity contribution < 1.29 is 23.4 Å². The third kappa shape index (κ3) is 2.59. The number of carbonyl (C=O) groups is 1. The van der Waals surface area contributed by atoms with Crippen LogP contribution in [0.15, 0.2) is 42.5 Å². The van der Waals surface area contributed by atoms with E-state index in [2.05, 4.69) is 5.32 Å². The third-order valence-corrected chi connectivity index (χ3v) is 5.55. The minimum absolute atomic E-state index is 0.368. The van der Waals surface area contributed by atoms with Gasteiger partial charge in [0.2, 0.25) is 5.72 Å². The predicted octanol–water partition coefficient (Wildman–Crippen LogP) is 3.17. The molecular formula is C20H19FN2O4S. The summed E-state index contributed by atoms with van der Waals surface area (Å²) in [5.74, 6) is -0.466. The van der Waals surface area contributed by atoms with E-state index in [1.54, 1.807) is 37.1 Å². The van der Waals surface area contributed by atoms with Crippen LogP contribution in [0.2, 0.25) is 0 Å². The number of benzene rings is 2. The molecule has 0 aliphatic carbocycles. The number of carbonyl (C=O) groups excluding carboxylic acids is 1.